The Hall–Kier alpha value is -0.570. The fraction of sp³-hybridized carbons (Fsp3) is 0.966. The van der Waals surface area contributed by atoms with Crippen LogP contribution in [0.5, 0.6) is 0 Å². The Morgan fingerprint density at radius 3 is 2.41 bits per heavy atom. The second-order valence-corrected chi connectivity index (χ2v) is 13.4. The largest absolute Gasteiger partial charge is 0.462 e. The minimum atomic E-state index is -0.664. The van der Waals surface area contributed by atoms with Crippen LogP contribution in [0.3, 0.4) is 0 Å². The number of esters is 1. The first-order valence-electron chi connectivity index (χ1n) is 13.9. The lowest BCUT2D eigenvalue weighted by molar-refractivity contribution is -0.224. The average molecular weight is 447 g/mol. The number of rotatable bonds is 6. The van der Waals surface area contributed by atoms with E-state index in [0.29, 0.717) is 17.8 Å². The van der Waals surface area contributed by atoms with Crippen LogP contribution in [-0.2, 0) is 9.53 Å². The summed E-state index contributed by atoms with van der Waals surface area (Å²) in [6, 6.07) is 0. The maximum Gasteiger partial charge on any atom is 0.302 e. The van der Waals surface area contributed by atoms with Crippen molar-refractivity contribution >= 4 is 5.97 Å². The van der Waals surface area contributed by atoms with Gasteiger partial charge >= 0.3 is 5.97 Å². The molecule has 4 aliphatic carbocycles. The van der Waals surface area contributed by atoms with Crippen LogP contribution in [0.1, 0.15) is 119 Å². The van der Waals surface area contributed by atoms with E-state index < -0.39 is 5.60 Å². The fourth-order valence-electron chi connectivity index (χ4n) is 9.57. The molecular weight excluding hydrogens is 396 g/mol. The summed E-state index contributed by atoms with van der Waals surface area (Å²) >= 11 is 0. The van der Waals surface area contributed by atoms with Crippen LogP contribution in [0.4, 0.5) is 0 Å². The van der Waals surface area contributed by atoms with Gasteiger partial charge in [-0.05, 0) is 97.7 Å². The van der Waals surface area contributed by atoms with Crippen LogP contribution < -0.4 is 0 Å². The normalized spacial score (nSPS) is 46.8. The summed E-state index contributed by atoms with van der Waals surface area (Å²) in [5.41, 5.74) is -0.184. The molecule has 4 rings (SSSR count). The van der Waals surface area contributed by atoms with Crippen LogP contribution in [0.2, 0.25) is 0 Å². The van der Waals surface area contributed by atoms with Crippen molar-refractivity contribution in [3.63, 3.8) is 0 Å². The number of carbonyl (C=O) groups is 1. The third-order valence-corrected chi connectivity index (χ3v) is 11.3. The van der Waals surface area contributed by atoms with Crippen molar-refractivity contribution in [2.75, 3.05) is 0 Å². The van der Waals surface area contributed by atoms with E-state index in [1.54, 1.807) is 0 Å². The van der Waals surface area contributed by atoms with Gasteiger partial charge in [-0.25, -0.2) is 0 Å². The van der Waals surface area contributed by atoms with E-state index in [2.05, 4.69) is 34.6 Å². The molecule has 0 amide bonds. The summed E-state index contributed by atoms with van der Waals surface area (Å²) in [4.78, 5) is 11.5. The first kappa shape index (κ1) is 24.6. The highest BCUT2D eigenvalue weighted by Crippen LogP contribution is 2.69. The molecule has 4 aliphatic rings. The van der Waals surface area contributed by atoms with E-state index in [1.807, 2.05) is 0 Å². The van der Waals surface area contributed by atoms with Crippen molar-refractivity contribution < 1.29 is 14.6 Å². The summed E-state index contributed by atoms with van der Waals surface area (Å²) in [6.07, 6.45) is 14.1. The van der Waals surface area contributed by atoms with Crippen LogP contribution in [0, 0.1) is 46.3 Å². The molecule has 4 saturated carbocycles. The van der Waals surface area contributed by atoms with E-state index in [4.69, 9.17) is 4.74 Å². The number of hydrogen-bond donors (Lipinski definition) is 1. The molecule has 3 heteroatoms. The van der Waals surface area contributed by atoms with E-state index in [9.17, 15) is 9.90 Å². The smallest absolute Gasteiger partial charge is 0.302 e. The highest BCUT2D eigenvalue weighted by molar-refractivity contribution is 5.66. The zero-order valence-electron chi connectivity index (χ0n) is 21.8. The molecule has 0 saturated heterocycles. The maximum absolute atomic E-state index is 11.9. The molecule has 0 aromatic rings. The van der Waals surface area contributed by atoms with Gasteiger partial charge in [-0.3, -0.25) is 4.79 Å². The Labute approximate surface area is 197 Å². The maximum atomic E-state index is 11.9. The van der Waals surface area contributed by atoms with Crippen molar-refractivity contribution in [1.29, 1.82) is 0 Å². The quantitative estimate of drug-likeness (QED) is 0.440. The van der Waals surface area contributed by atoms with Crippen molar-refractivity contribution in [3.8, 4) is 0 Å². The first-order chi connectivity index (χ1) is 15.0. The van der Waals surface area contributed by atoms with Gasteiger partial charge in [0.1, 0.15) is 6.10 Å². The topological polar surface area (TPSA) is 46.5 Å². The second kappa shape index (κ2) is 8.90. The third-order valence-electron chi connectivity index (χ3n) is 11.3. The third kappa shape index (κ3) is 4.07. The monoisotopic (exact) mass is 446 g/mol. The zero-order chi connectivity index (χ0) is 23.3. The lowest BCUT2D eigenvalue weighted by Gasteiger charge is -2.64. The van der Waals surface area contributed by atoms with Gasteiger partial charge in [0.15, 0.2) is 0 Å². The molecule has 3 nitrogen and oxygen atoms in total. The van der Waals surface area contributed by atoms with Crippen molar-refractivity contribution in [2.45, 2.75) is 130 Å². The lowest BCUT2D eigenvalue weighted by Crippen LogP contribution is -2.63. The molecule has 9 atom stereocenters. The van der Waals surface area contributed by atoms with E-state index in [-0.39, 0.29) is 17.5 Å². The lowest BCUT2D eigenvalue weighted by atomic mass is 9.43. The molecule has 0 radical (unpaired) electrons. The van der Waals surface area contributed by atoms with Crippen molar-refractivity contribution in [2.24, 2.45) is 46.3 Å². The minimum absolute atomic E-state index is 0.0190. The zero-order valence-corrected chi connectivity index (χ0v) is 21.8. The Bertz CT molecular complexity index is 688. The molecule has 0 unspecified atom stereocenters. The Morgan fingerprint density at radius 2 is 1.72 bits per heavy atom. The van der Waals surface area contributed by atoms with Gasteiger partial charge < -0.3 is 9.84 Å². The summed E-state index contributed by atoms with van der Waals surface area (Å²) in [6.45, 7) is 13.8. The Balaban J connectivity index is 1.47. The molecule has 184 valence electrons. The standard InChI is InChI=1S/C29H50O3/c1-19(2)8-7-9-20(3)24-10-11-25-23-13-17-29(31)18-22(32-21(4)30)12-16-28(29,6)26(23)14-15-27(24,25)5/h19-20,22-26,31H,7-18H2,1-6H3/t20-,22+,23-,24+,25-,26-,27-,28-,29-/m1/s1. The molecule has 0 bridgehead atoms. The Kier molecular flexibility index (Phi) is 6.83. The van der Waals surface area contributed by atoms with Crippen molar-refractivity contribution in [1.82, 2.24) is 0 Å². The average Bonchev–Trinajstić information content (AvgIpc) is 3.05. The molecule has 4 fully saturated rings. The van der Waals surface area contributed by atoms with Crippen LogP contribution in [0.25, 0.3) is 0 Å². The number of ether oxygens (including phenoxy) is 1. The summed E-state index contributed by atoms with van der Waals surface area (Å²) in [5, 5.41) is 11.9. The predicted octanol–water partition coefficient (Wildman–Crippen LogP) is 7.15. The van der Waals surface area contributed by atoms with E-state index >= 15 is 0 Å². The number of aliphatic hydroxyl groups is 1. The van der Waals surface area contributed by atoms with Gasteiger partial charge in [-0.1, -0.05) is 53.9 Å². The second-order valence-electron chi connectivity index (χ2n) is 13.4. The molecule has 1 N–H and O–H groups in total. The highest BCUT2D eigenvalue weighted by Gasteiger charge is 2.64. The molecule has 32 heavy (non-hydrogen) atoms. The number of fused-ring (bicyclic) bond motifs is 5. The minimum Gasteiger partial charge on any atom is -0.462 e. The summed E-state index contributed by atoms with van der Waals surface area (Å²) in [7, 11) is 0. The molecule has 0 heterocycles. The van der Waals surface area contributed by atoms with Gasteiger partial charge in [0, 0.05) is 13.3 Å². The van der Waals surface area contributed by atoms with Crippen LogP contribution >= 0.6 is 0 Å². The van der Waals surface area contributed by atoms with Gasteiger partial charge in [0.05, 0.1) is 5.60 Å². The van der Waals surface area contributed by atoms with Crippen LogP contribution in [-0.4, -0.2) is 22.8 Å². The number of hydrogen-bond acceptors (Lipinski definition) is 3. The van der Waals surface area contributed by atoms with E-state index in [0.717, 1.165) is 55.3 Å². The summed E-state index contributed by atoms with van der Waals surface area (Å²) in [5.74, 6) is 4.59. The Morgan fingerprint density at radius 1 is 0.969 bits per heavy atom. The molecular formula is C29H50O3. The fourth-order valence-corrected chi connectivity index (χ4v) is 9.57. The van der Waals surface area contributed by atoms with E-state index in [1.165, 1.54) is 51.9 Å². The SMILES string of the molecule is CC(=O)O[C@H]1CC[C@]2(C)[C@@H]3CC[C@@]4(C)[C@H](CC[C@H]4[C@H](C)CCCC(C)C)[C@H]3CC[C@@]2(O)C1. The van der Waals surface area contributed by atoms with Crippen molar-refractivity contribution in [3.05, 3.63) is 0 Å². The number of carbonyl (C=O) groups excluding carboxylic acids is 1. The van der Waals surface area contributed by atoms with Gasteiger partial charge in [-0.2, -0.15) is 0 Å². The first-order valence-corrected chi connectivity index (χ1v) is 13.9. The molecule has 0 aromatic carbocycles. The van der Waals surface area contributed by atoms with Crippen LogP contribution in [0.15, 0.2) is 0 Å². The van der Waals surface area contributed by atoms with Gasteiger partial charge in [0.2, 0.25) is 0 Å². The molecule has 0 aliphatic heterocycles. The predicted molar refractivity (Wildman–Crippen MR) is 130 cm³/mol. The molecule has 0 spiro atoms. The van der Waals surface area contributed by atoms with Gasteiger partial charge in [-0.15, -0.1) is 0 Å². The highest BCUT2D eigenvalue weighted by atomic mass is 16.5. The van der Waals surface area contributed by atoms with Gasteiger partial charge in [0.25, 0.3) is 0 Å². The summed E-state index contributed by atoms with van der Waals surface area (Å²) < 4.78 is 5.56. The molecule has 0 aromatic heterocycles.